The van der Waals surface area contributed by atoms with Crippen molar-refractivity contribution in [2.75, 3.05) is 7.05 Å². The summed E-state index contributed by atoms with van der Waals surface area (Å²) in [5.41, 5.74) is 1.82. The number of carbonyl (C=O) groups is 4. The topological polar surface area (TPSA) is 120 Å². The quantitative estimate of drug-likeness (QED) is 0.393. The van der Waals surface area contributed by atoms with Gasteiger partial charge in [0.2, 0.25) is 23.6 Å². The molecule has 4 N–H and O–H groups in total. The van der Waals surface area contributed by atoms with Crippen molar-refractivity contribution >= 4 is 23.6 Å². The fourth-order valence-corrected chi connectivity index (χ4v) is 4.77. The Balaban J connectivity index is 1.64. The van der Waals surface area contributed by atoms with E-state index in [1.807, 2.05) is 24.3 Å². The summed E-state index contributed by atoms with van der Waals surface area (Å²) in [6, 6.07) is 6.09. The number of carbonyl (C=O) groups excluding carboxylic acids is 4. The van der Waals surface area contributed by atoms with Crippen molar-refractivity contribution in [1.82, 2.24) is 26.2 Å². The van der Waals surface area contributed by atoms with Crippen LogP contribution < -0.4 is 21.3 Å². The minimum Gasteiger partial charge on any atom is -0.350 e. The van der Waals surface area contributed by atoms with Crippen LogP contribution in [0.15, 0.2) is 36.9 Å². The molecule has 4 amide bonds. The van der Waals surface area contributed by atoms with E-state index in [2.05, 4.69) is 27.8 Å². The normalized spacial score (nSPS) is 22.9. The molecular formula is C26H37N5O4. The monoisotopic (exact) mass is 483 g/mol. The number of likely N-dealkylation sites (N-methyl/N-ethyl adjacent to an activating group) is 1. The number of fused-ring (bicyclic) bond motifs is 1. The van der Waals surface area contributed by atoms with Gasteiger partial charge in [-0.1, -0.05) is 43.7 Å². The van der Waals surface area contributed by atoms with Gasteiger partial charge in [-0.05, 0) is 56.9 Å². The maximum atomic E-state index is 13.5. The Hall–Kier alpha value is -3.20. The van der Waals surface area contributed by atoms with Crippen molar-refractivity contribution < 1.29 is 19.2 Å². The van der Waals surface area contributed by atoms with Crippen molar-refractivity contribution in [3.63, 3.8) is 0 Å². The van der Waals surface area contributed by atoms with E-state index < -0.39 is 18.1 Å². The molecule has 0 saturated carbocycles. The highest BCUT2D eigenvalue weighted by atomic mass is 16.2. The van der Waals surface area contributed by atoms with Crippen LogP contribution in [0, 0.1) is 0 Å². The van der Waals surface area contributed by atoms with Crippen LogP contribution in [0.25, 0.3) is 0 Å². The summed E-state index contributed by atoms with van der Waals surface area (Å²) < 4.78 is 0. The van der Waals surface area contributed by atoms with Crippen LogP contribution in [0.4, 0.5) is 0 Å². The molecule has 9 nitrogen and oxygen atoms in total. The zero-order valence-corrected chi connectivity index (χ0v) is 20.6. The second-order valence-electron chi connectivity index (χ2n) is 9.31. The van der Waals surface area contributed by atoms with Gasteiger partial charge < -0.3 is 26.2 Å². The molecule has 2 aliphatic rings. The summed E-state index contributed by atoms with van der Waals surface area (Å²) >= 11 is 0. The van der Waals surface area contributed by atoms with Crippen LogP contribution in [0.3, 0.4) is 0 Å². The second-order valence-corrected chi connectivity index (χ2v) is 9.31. The van der Waals surface area contributed by atoms with Crippen LogP contribution in [0.5, 0.6) is 0 Å². The third kappa shape index (κ3) is 6.91. The Labute approximate surface area is 207 Å². The maximum Gasteiger partial charge on any atom is 0.246 e. The van der Waals surface area contributed by atoms with E-state index in [0.29, 0.717) is 25.9 Å². The first-order chi connectivity index (χ1) is 16.8. The molecule has 2 fully saturated rings. The number of hydrogen-bond donors (Lipinski definition) is 4. The van der Waals surface area contributed by atoms with Crippen molar-refractivity contribution in [1.29, 1.82) is 0 Å². The van der Waals surface area contributed by atoms with E-state index in [1.165, 1.54) is 6.08 Å². The zero-order chi connectivity index (χ0) is 25.4. The standard InChI is InChI=1S/C26H37N5O4/c1-4-23(32)28-15-18-8-7-9-19(14-18)16-29-25(34)22-13-12-20-10-5-6-11-21(26(35)31(20)22)30-24(33)17(2)27-3/h4,7-9,14,17,20-22,27H,1,5-6,10-13,15-16H2,2-3H3,(H,28,32)(H,29,34)(H,30,33)/t17-,20?,21-,22-/m0/s1. The first-order valence-electron chi connectivity index (χ1n) is 12.4. The van der Waals surface area contributed by atoms with Crippen LogP contribution in [-0.2, 0) is 32.3 Å². The summed E-state index contributed by atoms with van der Waals surface area (Å²) in [6.45, 7) is 5.89. The lowest BCUT2D eigenvalue weighted by molar-refractivity contribution is -0.144. The summed E-state index contributed by atoms with van der Waals surface area (Å²) in [6.07, 6.45) is 5.91. The predicted octanol–water partition coefficient (Wildman–Crippen LogP) is 1.13. The van der Waals surface area contributed by atoms with Gasteiger partial charge in [0, 0.05) is 19.1 Å². The van der Waals surface area contributed by atoms with Crippen LogP contribution in [0.1, 0.15) is 56.6 Å². The predicted molar refractivity (Wildman–Crippen MR) is 133 cm³/mol. The van der Waals surface area contributed by atoms with Crippen molar-refractivity contribution in [3.05, 3.63) is 48.0 Å². The SMILES string of the molecule is C=CC(=O)NCc1cccc(CNC(=O)[C@@H]2CCC3CCCC[C@H](NC(=O)[C@H](C)NC)C(=O)N32)c1. The first kappa shape index (κ1) is 26.4. The minimum absolute atomic E-state index is 0.0245. The van der Waals surface area contributed by atoms with Crippen molar-refractivity contribution in [3.8, 4) is 0 Å². The van der Waals surface area contributed by atoms with E-state index in [-0.39, 0.29) is 29.7 Å². The molecule has 4 atom stereocenters. The van der Waals surface area contributed by atoms with Crippen LogP contribution in [0.2, 0.25) is 0 Å². The van der Waals surface area contributed by atoms with E-state index in [1.54, 1.807) is 18.9 Å². The molecule has 2 aliphatic heterocycles. The Morgan fingerprint density at radius 3 is 2.46 bits per heavy atom. The smallest absolute Gasteiger partial charge is 0.246 e. The van der Waals surface area contributed by atoms with Gasteiger partial charge in [-0.25, -0.2) is 0 Å². The Bertz CT molecular complexity index is 949. The molecule has 3 rings (SSSR count). The van der Waals surface area contributed by atoms with E-state index in [0.717, 1.165) is 36.8 Å². The molecule has 35 heavy (non-hydrogen) atoms. The molecule has 1 aromatic carbocycles. The first-order valence-corrected chi connectivity index (χ1v) is 12.4. The van der Waals surface area contributed by atoms with Crippen LogP contribution >= 0.6 is 0 Å². The van der Waals surface area contributed by atoms with E-state index in [4.69, 9.17) is 0 Å². The summed E-state index contributed by atoms with van der Waals surface area (Å²) in [5, 5.41) is 11.5. The summed E-state index contributed by atoms with van der Waals surface area (Å²) in [4.78, 5) is 52.2. The summed E-state index contributed by atoms with van der Waals surface area (Å²) in [7, 11) is 1.70. The van der Waals surface area contributed by atoms with Gasteiger partial charge in [-0.15, -0.1) is 0 Å². The highest BCUT2D eigenvalue weighted by Crippen LogP contribution is 2.31. The number of benzene rings is 1. The molecular weight excluding hydrogens is 446 g/mol. The van der Waals surface area contributed by atoms with E-state index >= 15 is 0 Å². The molecule has 0 bridgehead atoms. The molecule has 0 aromatic heterocycles. The minimum atomic E-state index is -0.614. The number of amides is 4. The van der Waals surface area contributed by atoms with Crippen molar-refractivity contribution in [2.45, 2.75) is 82.7 Å². The third-order valence-corrected chi connectivity index (χ3v) is 6.89. The Morgan fingerprint density at radius 2 is 1.77 bits per heavy atom. The molecule has 1 unspecified atom stereocenters. The molecule has 0 aliphatic carbocycles. The molecule has 190 valence electrons. The van der Waals surface area contributed by atoms with Gasteiger partial charge in [0.15, 0.2) is 0 Å². The van der Waals surface area contributed by atoms with Gasteiger partial charge in [-0.2, -0.15) is 0 Å². The van der Waals surface area contributed by atoms with Crippen molar-refractivity contribution in [2.24, 2.45) is 0 Å². The third-order valence-electron chi connectivity index (χ3n) is 6.89. The average molecular weight is 484 g/mol. The molecule has 2 saturated heterocycles. The van der Waals surface area contributed by atoms with Gasteiger partial charge in [0.05, 0.1) is 6.04 Å². The number of hydrogen-bond acceptors (Lipinski definition) is 5. The number of rotatable bonds is 9. The maximum absolute atomic E-state index is 13.5. The van der Waals surface area contributed by atoms with Gasteiger partial charge in [-0.3, -0.25) is 19.2 Å². The fraction of sp³-hybridized carbons (Fsp3) is 0.538. The highest BCUT2D eigenvalue weighted by Gasteiger charge is 2.43. The Kier molecular flexibility index (Phi) is 9.42. The summed E-state index contributed by atoms with van der Waals surface area (Å²) in [5.74, 6) is -0.802. The van der Waals surface area contributed by atoms with Gasteiger partial charge >= 0.3 is 0 Å². The molecule has 2 heterocycles. The molecule has 9 heteroatoms. The van der Waals surface area contributed by atoms with E-state index in [9.17, 15) is 19.2 Å². The highest BCUT2D eigenvalue weighted by molar-refractivity contribution is 5.93. The zero-order valence-electron chi connectivity index (χ0n) is 20.6. The largest absolute Gasteiger partial charge is 0.350 e. The lowest BCUT2D eigenvalue weighted by Gasteiger charge is -2.35. The lowest BCUT2D eigenvalue weighted by Crippen LogP contribution is -2.57. The fourth-order valence-electron chi connectivity index (χ4n) is 4.77. The molecule has 0 spiro atoms. The number of nitrogens with one attached hydrogen (secondary N) is 4. The lowest BCUT2D eigenvalue weighted by atomic mass is 9.98. The van der Waals surface area contributed by atoms with Crippen LogP contribution in [-0.4, -0.2) is 59.7 Å². The Morgan fingerprint density at radius 1 is 1.09 bits per heavy atom. The molecule has 0 radical (unpaired) electrons. The number of nitrogens with zero attached hydrogens (tertiary/aromatic N) is 1. The molecule has 1 aromatic rings. The van der Waals surface area contributed by atoms with Gasteiger partial charge in [0.1, 0.15) is 12.1 Å². The average Bonchev–Trinajstić information content (AvgIpc) is 3.29. The second kappa shape index (κ2) is 12.5. The van der Waals surface area contributed by atoms with Gasteiger partial charge in [0.25, 0.3) is 0 Å².